The Labute approximate surface area is 207 Å². The van der Waals surface area contributed by atoms with Crippen LogP contribution in [0, 0.1) is 0 Å². The van der Waals surface area contributed by atoms with Crippen LogP contribution in [0.3, 0.4) is 0 Å². The summed E-state index contributed by atoms with van der Waals surface area (Å²) in [5, 5.41) is 0. The fourth-order valence-electron chi connectivity index (χ4n) is 4.56. The van der Waals surface area contributed by atoms with Gasteiger partial charge in [-0.2, -0.15) is 0 Å². The first-order valence-electron chi connectivity index (χ1n) is 11.2. The predicted octanol–water partition coefficient (Wildman–Crippen LogP) is 3.82. The Morgan fingerprint density at radius 3 is 2.12 bits per heavy atom. The van der Waals surface area contributed by atoms with Crippen LogP contribution in [0.2, 0.25) is 0 Å². The van der Waals surface area contributed by atoms with E-state index in [1.807, 2.05) is 35.2 Å². The highest BCUT2D eigenvalue weighted by atomic mass is 35.5. The highest BCUT2D eigenvalue weighted by Gasteiger charge is 2.26. The lowest BCUT2D eigenvalue weighted by molar-refractivity contribution is -0.129. The molecule has 0 saturated carbocycles. The molecule has 0 unspecified atom stereocenters. The van der Waals surface area contributed by atoms with Crippen molar-refractivity contribution >= 4 is 24.4 Å². The molecule has 1 saturated heterocycles. The molecule has 0 radical (unpaired) electrons. The summed E-state index contributed by atoms with van der Waals surface area (Å²) in [5.74, 6) is 2.93. The standard InChI is InChI=1S/C26H32N2O5.ClH/c1-30-22-8-7-19-15-21(6-5-20(19)16-22)26(29)28-11-9-27(10-12-28)17-18-13-23(31-2)25(33-4)24(14-18)32-3;/h7-8,13-16H,5-6,9-12,17H2,1-4H3;1H. The lowest BCUT2D eigenvalue weighted by Gasteiger charge is -2.35. The molecule has 1 amide bonds. The minimum absolute atomic E-state index is 0. The van der Waals surface area contributed by atoms with Gasteiger partial charge < -0.3 is 23.8 Å². The van der Waals surface area contributed by atoms with Gasteiger partial charge in [-0.25, -0.2) is 0 Å². The summed E-state index contributed by atoms with van der Waals surface area (Å²) in [6.45, 7) is 3.84. The number of hydrogen-bond donors (Lipinski definition) is 0. The van der Waals surface area contributed by atoms with E-state index in [1.54, 1.807) is 28.4 Å². The molecule has 1 fully saturated rings. The zero-order chi connectivity index (χ0) is 23.4. The second-order valence-corrected chi connectivity index (χ2v) is 8.34. The number of rotatable bonds is 7. The average Bonchev–Trinajstić information content (AvgIpc) is 2.87. The molecule has 2 aromatic carbocycles. The number of piperazine rings is 1. The van der Waals surface area contributed by atoms with Gasteiger partial charge in [0.15, 0.2) is 11.5 Å². The van der Waals surface area contributed by atoms with Crippen molar-refractivity contribution in [3.05, 3.63) is 52.6 Å². The molecule has 7 nitrogen and oxygen atoms in total. The van der Waals surface area contributed by atoms with Gasteiger partial charge in [0.25, 0.3) is 0 Å². The van der Waals surface area contributed by atoms with Crippen molar-refractivity contribution in [2.75, 3.05) is 54.6 Å². The van der Waals surface area contributed by atoms with Crippen molar-refractivity contribution < 1.29 is 23.7 Å². The van der Waals surface area contributed by atoms with Crippen molar-refractivity contribution in [3.8, 4) is 23.0 Å². The van der Waals surface area contributed by atoms with Crippen LogP contribution < -0.4 is 18.9 Å². The molecule has 184 valence electrons. The van der Waals surface area contributed by atoms with Gasteiger partial charge in [-0.15, -0.1) is 12.4 Å². The largest absolute Gasteiger partial charge is 0.497 e. The fourth-order valence-corrected chi connectivity index (χ4v) is 4.56. The smallest absolute Gasteiger partial charge is 0.249 e. The summed E-state index contributed by atoms with van der Waals surface area (Å²) < 4.78 is 21.7. The van der Waals surface area contributed by atoms with E-state index < -0.39 is 0 Å². The van der Waals surface area contributed by atoms with Crippen molar-refractivity contribution in [2.24, 2.45) is 0 Å². The van der Waals surface area contributed by atoms with Crippen LogP contribution in [0.15, 0.2) is 35.9 Å². The van der Waals surface area contributed by atoms with Gasteiger partial charge in [0, 0.05) is 38.3 Å². The van der Waals surface area contributed by atoms with E-state index in [-0.39, 0.29) is 18.3 Å². The third kappa shape index (κ3) is 5.42. The van der Waals surface area contributed by atoms with Crippen molar-refractivity contribution in [2.45, 2.75) is 19.4 Å². The Morgan fingerprint density at radius 1 is 0.853 bits per heavy atom. The molecule has 1 aliphatic heterocycles. The Morgan fingerprint density at radius 2 is 1.53 bits per heavy atom. The summed E-state index contributed by atoms with van der Waals surface area (Å²) in [4.78, 5) is 17.5. The molecule has 0 spiro atoms. The number of benzene rings is 2. The van der Waals surface area contributed by atoms with Gasteiger partial charge in [0.2, 0.25) is 11.7 Å². The van der Waals surface area contributed by atoms with E-state index >= 15 is 0 Å². The van der Waals surface area contributed by atoms with E-state index in [1.165, 1.54) is 5.56 Å². The van der Waals surface area contributed by atoms with Gasteiger partial charge in [-0.3, -0.25) is 9.69 Å². The molecular formula is C26H33ClN2O5. The van der Waals surface area contributed by atoms with E-state index in [0.29, 0.717) is 17.2 Å². The van der Waals surface area contributed by atoms with Crippen LogP contribution in [0.5, 0.6) is 23.0 Å². The number of fused-ring (bicyclic) bond motifs is 1. The number of aryl methyl sites for hydroxylation is 1. The van der Waals surface area contributed by atoms with Gasteiger partial charge >= 0.3 is 0 Å². The molecule has 0 aromatic heterocycles. The number of halogens is 1. The van der Waals surface area contributed by atoms with Crippen molar-refractivity contribution in [3.63, 3.8) is 0 Å². The third-order valence-corrected chi connectivity index (χ3v) is 6.41. The summed E-state index contributed by atoms with van der Waals surface area (Å²) in [6, 6.07) is 10.0. The highest BCUT2D eigenvalue weighted by molar-refractivity contribution is 5.98. The normalized spacial score (nSPS) is 15.5. The Kier molecular flexibility index (Phi) is 8.69. The summed E-state index contributed by atoms with van der Waals surface area (Å²) in [6.07, 6.45) is 3.68. The first-order chi connectivity index (χ1) is 16.1. The van der Waals surface area contributed by atoms with Crippen LogP contribution in [-0.4, -0.2) is 70.3 Å². The Bertz CT molecular complexity index is 1020. The molecule has 0 atom stereocenters. The van der Waals surface area contributed by atoms with E-state index in [4.69, 9.17) is 18.9 Å². The van der Waals surface area contributed by atoms with E-state index in [0.717, 1.165) is 68.0 Å². The molecule has 1 aliphatic carbocycles. The van der Waals surface area contributed by atoms with Crippen LogP contribution in [0.25, 0.3) is 6.08 Å². The van der Waals surface area contributed by atoms with Gasteiger partial charge in [0.05, 0.1) is 28.4 Å². The minimum Gasteiger partial charge on any atom is -0.497 e. The van der Waals surface area contributed by atoms with Crippen LogP contribution in [-0.2, 0) is 17.8 Å². The maximum Gasteiger partial charge on any atom is 0.249 e. The summed E-state index contributed by atoms with van der Waals surface area (Å²) in [5.41, 5.74) is 4.34. The second-order valence-electron chi connectivity index (χ2n) is 8.34. The first-order valence-corrected chi connectivity index (χ1v) is 11.2. The molecule has 8 heteroatoms. The average molecular weight is 489 g/mol. The fraction of sp³-hybridized carbons (Fsp3) is 0.423. The maximum absolute atomic E-state index is 13.2. The minimum atomic E-state index is 0. The molecular weight excluding hydrogens is 456 g/mol. The van der Waals surface area contributed by atoms with Gasteiger partial charge in [-0.1, -0.05) is 6.07 Å². The second kappa shape index (κ2) is 11.5. The quantitative estimate of drug-likeness (QED) is 0.590. The number of hydrogen-bond acceptors (Lipinski definition) is 6. The molecule has 2 aliphatic rings. The molecule has 0 N–H and O–H groups in total. The molecule has 34 heavy (non-hydrogen) atoms. The van der Waals surface area contributed by atoms with Gasteiger partial charge in [0.1, 0.15) is 5.75 Å². The van der Waals surface area contributed by atoms with Crippen molar-refractivity contribution in [1.29, 1.82) is 0 Å². The van der Waals surface area contributed by atoms with E-state index in [2.05, 4.69) is 11.0 Å². The van der Waals surface area contributed by atoms with Crippen LogP contribution >= 0.6 is 12.4 Å². The zero-order valence-corrected chi connectivity index (χ0v) is 21.1. The van der Waals surface area contributed by atoms with Crippen LogP contribution in [0.1, 0.15) is 23.1 Å². The van der Waals surface area contributed by atoms with E-state index in [9.17, 15) is 4.79 Å². The third-order valence-electron chi connectivity index (χ3n) is 6.41. The summed E-state index contributed by atoms with van der Waals surface area (Å²) in [7, 11) is 6.53. The van der Waals surface area contributed by atoms with Crippen LogP contribution in [0.4, 0.5) is 0 Å². The monoisotopic (exact) mass is 488 g/mol. The number of methoxy groups -OCH3 is 4. The molecule has 0 bridgehead atoms. The predicted molar refractivity (Wildman–Crippen MR) is 134 cm³/mol. The number of carbonyl (C=O) groups excluding carboxylic acids is 1. The number of ether oxygens (including phenoxy) is 4. The number of carbonyl (C=O) groups is 1. The zero-order valence-electron chi connectivity index (χ0n) is 20.3. The van der Waals surface area contributed by atoms with Crippen molar-refractivity contribution in [1.82, 2.24) is 9.80 Å². The SMILES string of the molecule is COc1ccc2c(c1)CCC(C(=O)N1CCN(Cc3cc(OC)c(OC)c(OC)c3)CC1)=C2.Cl. The maximum atomic E-state index is 13.2. The topological polar surface area (TPSA) is 60.5 Å². The van der Waals surface area contributed by atoms with Gasteiger partial charge in [-0.05, 0) is 59.9 Å². The Balaban J connectivity index is 0.00000324. The lowest BCUT2D eigenvalue weighted by atomic mass is 9.91. The Hall–Kier alpha value is -2.90. The first kappa shape index (κ1) is 25.7. The number of amides is 1. The molecule has 4 rings (SSSR count). The lowest BCUT2D eigenvalue weighted by Crippen LogP contribution is -2.48. The number of nitrogens with zero attached hydrogens (tertiary/aromatic N) is 2. The highest BCUT2D eigenvalue weighted by Crippen LogP contribution is 2.38. The molecule has 1 heterocycles. The molecule has 2 aromatic rings. The summed E-state index contributed by atoms with van der Waals surface area (Å²) >= 11 is 0.